The van der Waals surface area contributed by atoms with Crippen molar-refractivity contribution >= 4 is 10.9 Å². The van der Waals surface area contributed by atoms with Crippen molar-refractivity contribution in [1.82, 2.24) is 19.0 Å². The fraction of sp³-hybridized carbons (Fsp3) is 0.478. The molecule has 0 N–H and O–H groups in total. The second-order valence-electron chi connectivity index (χ2n) is 8.20. The summed E-state index contributed by atoms with van der Waals surface area (Å²) in [4.78, 5) is 18.1. The lowest BCUT2D eigenvalue weighted by Crippen LogP contribution is -2.40. The van der Waals surface area contributed by atoms with E-state index in [4.69, 9.17) is 9.47 Å². The van der Waals surface area contributed by atoms with Crippen molar-refractivity contribution in [3.63, 3.8) is 0 Å². The molecular weight excluding hydrogens is 380 g/mol. The van der Waals surface area contributed by atoms with Crippen LogP contribution in [0, 0.1) is 0 Å². The number of hydrogen-bond donors (Lipinski definition) is 0. The van der Waals surface area contributed by atoms with Crippen LogP contribution in [0.2, 0.25) is 0 Å². The van der Waals surface area contributed by atoms with Gasteiger partial charge < -0.3 is 23.5 Å². The largest absolute Gasteiger partial charge is 0.490 e. The summed E-state index contributed by atoms with van der Waals surface area (Å²) in [6, 6.07) is 8.94. The van der Waals surface area contributed by atoms with Crippen LogP contribution in [0.1, 0.15) is 25.3 Å². The molecule has 30 heavy (non-hydrogen) atoms. The summed E-state index contributed by atoms with van der Waals surface area (Å²) in [6.07, 6.45) is 10.2. The van der Waals surface area contributed by atoms with Gasteiger partial charge >= 0.3 is 0 Å². The topological polar surface area (TPSA) is 61.5 Å². The molecule has 1 unspecified atom stereocenters. The highest BCUT2D eigenvalue weighted by Gasteiger charge is 2.23. The number of hydrogen-bond acceptors (Lipinski definition) is 5. The van der Waals surface area contributed by atoms with Crippen molar-refractivity contribution in [3.05, 3.63) is 59.4 Å². The van der Waals surface area contributed by atoms with Gasteiger partial charge in [0.25, 0.3) is 5.56 Å². The number of ether oxygens (including phenoxy) is 2. The highest BCUT2D eigenvalue weighted by Crippen LogP contribution is 2.32. The third kappa shape index (κ3) is 4.00. The molecule has 0 spiro atoms. The van der Waals surface area contributed by atoms with Crippen LogP contribution < -0.4 is 10.3 Å². The molecule has 7 heteroatoms. The third-order valence-corrected chi connectivity index (χ3v) is 6.31. The Kier molecular flexibility index (Phi) is 5.55. The fourth-order valence-electron chi connectivity index (χ4n) is 4.56. The van der Waals surface area contributed by atoms with Gasteiger partial charge in [0, 0.05) is 56.8 Å². The Morgan fingerprint density at radius 2 is 2.00 bits per heavy atom. The molecule has 0 aliphatic carbocycles. The van der Waals surface area contributed by atoms with E-state index in [2.05, 4.69) is 44.9 Å². The van der Waals surface area contributed by atoms with E-state index in [1.54, 1.807) is 17.0 Å². The smallest absolute Gasteiger partial charge is 0.269 e. The molecule has 5 rings (SSSR count). The summed E-state index contributed by atoms with van der Waals surface area (Å²) in [5.74, 6) is 0.979. The van der Waals surface area contributed by atoms with Gasteiger partial charge in [0.1, 0.15) is 11.9 Å². The van der Waals surface area contributed by atoms with Crippen molar-refractivity contribution in [3.8, 4) is 5.75 Å². The van der Waals surface area contributed by atoms with E-state index in [0.717, 1.165) is 57.9 Å². The van der Waals surface area contributed by atoms with Crippen LogP contribution in [0.5, 0.6) is 5.75 Å². The Labute approximate surface area is 175 Å². The lowest BCUT2D eigenvalue weighted by atomic mass is 10.1. The third-order valence-electron chi connectivity index (χ3n) is 6.31. The van der Waals surface area contributed by atoms with Gasteiger partial charge in [0.15, 0.2) is 0 Å². The highest BCUT2D eigenvalue weighted by molar-refractivity contribution is 5.86. The van der Waals surface area contributed by atoms with Crippen LogP contribution >= 0.6 is 0 Å². The molecule has 7 nitrogen and oxygen atoms in total. The van der Waals surface area contributed by atoms with Gasteiger partial charge in [-0.15, -0.1) is 0 Å². The van der Waals surface area contributed by atoms with E-state index in [9.17, 15) is 4.79 Å². The second kappa shape index (κ2) is 8.62. The maximum absolute atomic E-state index is 11.8. The monoisotopic (exact) mass is 408 g/mol. The van der Waals surface area contributed by atoms with Gasteiger partial charge in [0.2, 0.25) is 0 Å². The first-order valence-electron chi connectivity index (χ1n) is 10.8. The lowest BCUT2D eigenvalue weighted by Gasteiger charge is -2.32. The van der Waals surface area contributed by atoms with E-state index in [-0.39, 0.29) is 11.7 Å². The molecule has 2 saturated heterocycles. The normalized spacial score (nSPS) is 20.7. The zero-order valence-electron chi connectivity index (χ0n) is 17.2. The summed E-state index contributed by atoms with van der Waals surface area (Å²) < 4.78 is 16.1. The van der Waals surface area contributed by atoms with Crippen molar-refractivity contribution in [2.75, 3.05) is 32.8 Å². The molecule has 1 atom stereocenters. The Morgan fingerprint density at radius 1 is 1.10 bits per heavy atom. The number of likely N-dealkylation sites (tertiary alicyclic amines) is 1. The average Bonchev–Trinajstić information content (AvgIpc) is 3.44. The van der Waals surface area contributed by atoms with E-state index < -0.39 is 0 Å². The first kappa shape index (κ1) is 19.3. The number of benzene rings is 1. The van der Waals surface area contributed by atoms with E-state index in [1.807, 2.05) is 0 Å². The fourth-order valence-corrected chi connectivity index (χ4v) is 4.56. The molecule has 1 aromatic carbocycles. The molecule has 4 heterocycles. The molecule has 2 aromatic heterocycles. The minimum absolute atomic E-state index is 0.0417. The molecule has 0 amide bonds. The highest BCUT2D eigenvalue weighted by atomic mass is 16.5. The van der Waals surface area contributed by atoms with Gasteiger partial charge in [-0.1, -0.05) is 6.07 Å². The number of piperidine rings is 1. The standard InChI is InChI=1S/C23H28N4O3/c28-23-16-24-8-12-26(23)14-13-25-9-4-19(5-10-25)30-22-3-1-2-21-20(22)6-11-27(21)18-7-15-29-17-18/h1-3,6,8,11-12,16,18-19H,4-5,7,9-10,13-15,17H2. The minimum Gasteiger partial charge on any atom is -0.490 e. The molecular formula is C23H28N4O3. The van der Waals surface area contributed by atoms with E-state index in [0.29, 0.717) is 12.6 Å². The molecule has 158 valence electrons. The molecule has 0 bridgehead atoms. The summed E-state index contributed by atoms with van der Waals surface area (Å²) in [7, 11) is 0. The summed E-state index contributed by atoms with van der Waals surface area (Å²) in [5.41, 5.74) is 1.18. The Morgan fingerprint density at radius 3 is 2.80 bits per heavy atom. The van der Waals surface area contributed by atoms with Crippen LogP contribution in [0.15, 0.2) is 53.8 Å². The molecule has 2 aliphatic heterocycles. The number of fused-ring (bicyclic) bond motifs is 1. The van der Waals surface area contributed by atoms with E-state index in [1.165, 1.54) is 17.1 Å². The second-order valence-corrected chi connectivity index (χ2v) is 8.20. The zero-order valence-corrected chi connectivity index (χ0v) is 17.2. The number of aromatic nitrogens is 3. The molecule has 0 saturated carbocycles. The average molecular weight is 409 g/mol. The van der Waals surface area contributed by atoms with Gasteiger partial charge in [0.05, 0.1) is 24.4 Å². The molecule has 0 radical (unpaired) electrons. The summed E-state index contributed by atoms with van der Waals surface area (Å²) in [6.45, 7) is 5.18. The maximum Gasteiger partial charge on any atom is 0.269 e. The van der Waals surface area contributed by atoms with Gasteiger partial charge in [-0.25, -0.2) is 0 Å². The van der Waals surface area contributed by atoms with Crippen LogP contribution in [0.4, 0.5) is 0 Å². The van der Waals surface area contributed by atoms with Crippen LogP contribution in [-0.2, 0) is 11.3 Å². The van der Waals surface area contributed by atoms with Gasteiger partial charge in [-0.3, -0.25) is 9.78 Å². The molecule has 2 fully saturated rings. The van der Waals surface area contributed by atoms with E-state index >= 15 is 0 Å². The Balaban J connectivity index is 1.19. The SMILES string of the molecule is O=c1cnccn1CCN1CCC(Oc2cccc3c2ccn3C2CCOC2)CC1. The van der Waals surface area contributed by atoms with Gasteiger partial charge in [-0.2, -0.15) is 0 Å². The first-order valence-corrected chi connectivity index (χ1v) is 10.8. The van der Waals surface area contributed by atoms with Crippen LogP contribution in [0.25, 0.3) is 10.9 Å². The Hall–Kier alpha value is -2.64. The molecule has 3 aromatic rings. The number of rotatable bonds is 6. The lowest BCUT2D eigenvalue weighted by molar-refractivity contribution is 0.0996. The van der Waals surface area contributed by atoms with Crippen LogP contribution in [0.3, 0.4) is 0 Å². The van der Waals surface area contributed by atoms with Crippen molar-refractivity contribution in [2.24, 2.45) is 0 Å². The van der Waals surface area contributed by atoms with Gasteiger partial charge in [-0.05, 0) is 37.5 Å². The number of nitrogens with zero attached hydrogens (tertiary/aromatic N) is 4. The first-order chi connectivity index (χ1) is 14.8. The zero-order chi connectivity index (χ0) is 20.3. The summed E-state index contributed by atoms with van der Waals surface area (Å²) >= 11 is 0. The minimum atomic E-state index is -0.0417. The predicted molar refractivity (Wildman–Crippen MR) is 115 cm³/mol. The van der Waals surface area contributed by atoms with Crippen molar-refractivity contribution in [1.29, 1.82) is 0 Å². The quantitative estimate of drug-likeness (QED) is 0.628. The van der Waals surface area contributed by atoms with Crippen LogP contribution in [-0.4, -0.2) is 58.0 Å². The predicted octanol–water partition coefficient (Wildman–Crippen LogP) is 2.70. The molecule has 2 aliphatic rings. The Bertz CT molecular complexity index is 1050. The van der Waals surface area contributed by atoms with Crippen molar-refractivity contribution < 1.29 is 9.47 Å². The maximum atomic E-state index is 11.8. The van der Waals surface area contributed by atoms with Crippen molar-refractivity contribution in [2.45, 2.75) is 38.0 Å². The summed E-state index contributed by atoms with van der Waals surface area (Å²) in [5, 5.41) is 1.18.